The molecule has 0 aliphatic carbocycles. The largest absolute Gasteiger partial charge is 0.377 e. The molecular weight excluding hydrogens is 140 g/mol. The number of ether oxygens (including phenoxy) is 1. The minimum Gasteiger partial charge on any atom is -0.377 e. The summed E-state index contributed by atoms with van der Waals surface area (Å²) in [6.45, 7) is 2.04. The van der Waals surface area contributed by atoms with Gasteiger partial charge in [-0.2, -0.15) is 0 Å². The van der Waals surface area contributed by atoms with Crippen LogP contribution >= 0.6 is 0 Å². The van der Waals surface area contributed by atoms with E-state index in [-0.39, 0.29) is 12.4 Å². The number of carbonyl (C=O) groups excluding carboxylic acids is 1. The van der Waals surface area contributed by atoms with Crippen molar-refractivity contribution in [1.29, 1.82) is 0 Å². The number of unbranched alkanes of at least 4 members (excludes halogenated alkanes) is 1. The van der Waals surface area contributed by atoms with E-state index in [0.717, 1.165) is 12.8 Å². The van der Waals surface area contributed by atoms with Crippen LogP contribution in [0.25, 0.3) is 0 Å². The lowest BCUT2D eigenvalue weighted by Gasteiger charge is -1.95. The molecule has 0 aromatic rings. The van der Waals surface area contributed by atoms with Gasteiger partial charge in [-0.05, 0) is 13.3 Å². The zero-order chi connectivity index (χ0) is 8.53. The van der Waals surface area contributed by atoms with Gasteiger partial charge in [0.25, 0.3) is 0 Å². The van der Waals surface area contributed by atoms with Crippen molar-refractivity contribution in [2.75, 3.05) is 13.7 Å². The smallest absolute Gasteiger partial charge is 0.158 e. The minimum atomic E-state index is 0.158. The van der Waals surface area contributed by atoms with Gasteiger partial charge in [-0.1, -0.05) is 0 Å². The third-order valence-corrected chi connectivity index (χ3v) is 1.24. The van der Waals surface area contributed by atoms with Gasteiger partial charge in [0.15, 0.2) is 5.78 Å². The number of carbonyl (C=O) groups is 1. The van der Waals surface area contributed by atoms with Crippen LogP contribution in [0.1, 0.15) is 26.2 Å². The molecular formula is C9H14O2. The van der Waals surface area contributed by atoms with E-state index in [9.17, 15) is 4.79 Å². The van der Waals surface area contributed by atoms with Crippen molar-refractivity contribution in [3.8, 4) is 11.8 Å². The Morgan fingerprint density at radius 2 is 2.27 bits per heavy atom. The van der Waals surface area contributed by atoms with Crippen LogP contribution in [0.15, 0.2) is 0 Å². The fourth-order valence-corrected chi connectivity index (χ4v) is 0.732. The highest BCUT2D eigenvalue weighted by Crippen LogP contribution is 1.95. The number of rotatable bonds is 5. The highest BCUT2D eigenvalue weighted by Gasteiger charge is 1.98. The first-order valence-electron chi connectivity index (χ1n) is 3.71. The van der Waals surface area contributed by atoms with Crippen LogP contribution in [0.2, 0.25) is 0 Å². The summed E-state index contributed by atoms with van der Waals surface area (Å²) in [4.78, 5) is 10.8. The van der Waals surface area contributed by atoms with E-state index in [0.29, 0.717) is 6.42 Å². The molecule has 0 atom stereocenters. The Morgan fingerprint density at radius 1 is 1.55 bits per heavy atom. The lowest BCUT2D eigenvalue weighted by Crippen LogP contribution is -2.05. The van der Waals surface area contributed by atoms with Crippen molar-refractivity contribution in [1.82, 2.24) is 0 Å². The average Bonchev–Trinajstić information content (AvgIpc) is 1.99. The predicted octanol–water partition coefficient (Wildman–Crippen LogP) is 1.40. The molecule has 11 heavy (non-hydrogen) atoms. The van der Waals surface area contributed by atoms with E-state index < -0.39 is 0 Å². The number of ketones is 1. The van der Waals surface area contributed by atoms with Crippen LogP contribution in [-0.4, -0.2) is 19.5 Å². The molecule has 2 nitrogen and oxygen atoms in total. The molecule has 62 valence electrons. The second kappa shape index (κ2) is 7.30. The van der Waals surface area contributed by atoms with E-state index in [2.05, 4.69) is 16.6 Å². The lowest BCUT2D eigenvalue weighted by molar-refractivity contribution is -0.122. The predicted molar refractivity (Wildman–Crippen MR) is 44.2 cm³/mol. The Morgan fingerprint density at radius 3 is 2.82 bits per heavy atom. The molecule has 0 saturated heterocycles. The van der Waals surface area contributed by atoms with Gasteiger partial charge in [0.1, 0.15) is 6.61 Å². The van der Waals surface area contributed by atoms with E-state index in [1.807, 2.05) is 0 Å². The summed E-state index contributed by atoms with van der Waals surface area (Å²) in [5.41, 5.74) is 0. The van der Waals surface area contributed by atoms with Crippen molar-refractivity contribution in [2.24, 2.45) is 0 Å². The Hall–Kier alpha value is -0.810. The summed E-state index contributed by atoms with van der Waals surface area (Å²) in [6, 6.07) is 0. The highest BCUT2D eigenvalue weighted by atomic mass is 16.5. The number of hydrogen-bond donors (Lipinski definition) is 0. The van der Waals surface area contributed by atoms with Crippen LogP contribution in [-0.2, 0) is 9.53 Å². The second-order valence-corrected chi connectivity index (χ2v) is 2.25. The fraction of sp³-hybridized carbons (Fsp3) is 0.667. The molecule has 0 aliphatic heterocycles. The number of Topliss-reactive ketones (excluding diaryl/α,β-unsaturated/α-hetero) is 1. The first kappa shape index (κ1) is 10.2. The zero-order valence-corrected chi connectivity index (χ0v) is 7.14. The van der Waals surface area contributed by atoms with Gasteiger partial charge in [0.05, 0.1) is 0 Å². The normalized spacial score (nSPS) is 8.55. The quantitative estimate of drug-likeness (QED) is 0.442. The van der Waals surface area contributed by atoms with Crippen molar-refractivity contribution in [2.45, 2.75) is 26.2 Å². The second-order valence-electron chi connectivity index (χ2n) is 2.25. The fourth-order valence-electron chi connectivity index (χ4n) is 0.732. The van der Waals surface area contributed by atoms with Gasteiger partial charge in [-0.15, -0.1) is 11.8 Å². The lowest BCUT2D eigenvalue weighted by atomic mass is 10.2. The van der Waals surface area contributed by atoms with Gasteiger partial charge in [0.2, 0.25) is 0 Å². The highest BCUT2D eigenvalue weighted by molar-refractivity contribution is 5.79. The minimum absolute atomic E-state index is 0.158. The molecule has 2 heteroatoms. The van der Waals surface area contributed by atoms with E-state index >= 15 is 0 Å². The van der Waals surface area contributed by atoms with Gasteiger partial charge in [-0.3, -0.25) is 4.79 Å². The molecule has 0 saturated carbocycles. The molecule has 0 aromatic carbocycles. The maximum Gasteiger partial charge on any atom is 0.158 e. The third-order valence-electron chi connectivity index (χ3n) is 1.24. The number of hydrogen-bond acceptors (Lipinski definition) is 2. The summed E-state index contributed by atoms with van der Waals surface area (Å²) in [5.74, 6) is 5.84. The Kier molecular flexibility index (Phi) is 6.76. The summed E-state index contributed by atoms with van der Waals surface area (Å²) >= 11 is 0. The molecule has 0 spiro atoms. The maximum absolute atomic E-state index is 10.8. The van der Waals surface area contributed by atoms with Crippen molar-refractivity contribution < 1.29 is 9.53 Å². The van der Waals surface area contributed by atoms with Crippen LogP contribution in [0, 0.1) is 11.8 Å². The first-order valence-corrected chi connectivity index (χ1v) is 3.71. The molecule has 0 heterocycles. The van der Waals surface area contributed by atoms with Crippen LogP contribution in [0.4, 0.5) is 0 Å². The van der Waals surface area contributed by atoms with Crippen molar-refractivity contribution in [3.63, 3.8) is 0 Å². The zero-order valence-electron chi connectivity index (χ0n) is 7.14. The van der Waals surface area contributed by atoms with Crippen molar-refractivity contribution in [3.05, 3.63) is 0 Å². The molecule has 0 radical (unpaired) electrons. The standard InChI is InChI=1S/C9H14O2/c1-3-4-5-6-7-9(10)8-11-2/h5-8H2,1-2H3. The molecule has 0 N–H and O–H groups in total. The van der Waals surface area contributed by atoms with E-state index in [1.54, 1.807) is 6.92 Å². The third kappa shape index (κ3) is 7.08. The summed E-state index contributed by atoms with van der Waals surface area (Å²) in [6.07, 6.45) is 2.25. The SMILES string of the molecule is CC#CCCCC(=O)COC. The molecule has 0 fully saturated rings. The first-order chi connectivity index (χ1) is 5.31. The van der Waals surface area contributed by atoms with Gasteiger partial charge >= 0.3 is 0 Å². The Balaban J connectivity index is 3.22. The van der Waals surface area contributed by atoms with Crippen molar-refractivity contribution >= 4 is 5.78 Å². The Bertz CT molecular complexity index is 162. The molecule has 0 amide bonds. The van der Waals surface area contributed by atoms with E-state index in [4.69, 9.17) is 0 Å². The van der Waals surface area contributed by atoms with Gasteiger partial charge in [0, 0.05) is 20.0 Å². The van der Waals surface area contributed by atoms with Gasteiger partial charge in [-0.25, -0.2) is 0 Å². The molecule has 0 rings (SSSR count). The molecule has 0 aliphatic rings. The maximum atomic E-state index is 10.8. The molecule has 0 bridgehead atoms. The summed E-state index contributed by atoms with van der Waals surface area (Å²) in [5, 5.41) is 0. The van der Waals surface area contributed by atoms with Crippen LogP contribution in [0.3, 0.4) is 0 Å². The topological polar surface area (TPSA) is 26.3 Å². The van der Waals surface area contributed by atoms with Crippen LogP contribution in [0.5, 0.6) is 0 Å². The monoisotopic (exact) mass is 154 g/mol. The van der Waals surface area contributed by atoms with Gasteiger partial charge < -0.3 is 4.74 Å². The number of methoxy groups -OCH3 is 1. The molecule has 0 aromatic heterocycles. The molecule has 0 unspecified atom stereocenters. The summed E-state index contributed by atoms with van der Waals surface area (Å²) in [7, 11) is 1.53. The van der Waals surface area contributed by atoms with E-state index in [1.165, 1.54) is 7.11 Å². The summed E-state index contributed by atoms with van der Waals surface area (Å²) < 4.78 is 4.68. The average molecular weight is 154 g/mol. The Labute approximate surface area is 67.9 Å². The van der Waals surface area contributed by atoms with Crippen LogP contribution < -0.4 is 0 Å².